The lowest BCUT2D eigenvalue weighted by molar-refractivity contribution is -0.103. The molecular formula is C13H26N2O. The van der Waals surface area contributed by atoms with Crippen molar-refractivity contribution in [1.29, 1.82) is 0 Å². The molecule has 0 amide bonds. The van der Waals surface area contributed by atoms with Gasteiger partial charge >= 0.3 is 0 Å². The number of ether oxygens (including phenoxy) is 1. The highest BCUT2D eigenvalue weighted by atomic mass is 16.5. The summed E-state index contributed by atoms with van der Waals surface area (Å²) >= 11 is 0. The second-order valence-electron chi connectivity index (χ2n) is 5.56. The van der Waals surface area contributed by atoms with Crippen LogP contribution >= 0.6 is 0 Å². The van der Waals surface area contributed by atoms with Crippen LogP contribution in [-0.4, -0.2) is 49.3 Å². The first-order chi connectivity index (χ1) is 7.66. The highest BCUT2D eigenvalue weighted by molar-refractivity contribution is 4.83. The highest BCUT2D eigenvalue weighted by Crippen LogP contribution is 2.21. The lowest BCUT2D eigenvalue weighted by Crippen LogP contribution is -2.54. The Morgan fingerprint density at radius 3 is 2.81 bits per heavy atom. The Balaban J connectivity index is 1.86. The van der Waals surface area contributed by atoms with Gasteiger partial charge in [-0.2, -0.15) is 0 Å². The summed E-state index contributed by atoms with van der Waals surface area (Å²) in [5.74, 6) is 0.841. The first kappa shape index (κ1) is 12.3. The fourth-order valence-electron chi connectivity index (χ4n) is 2.97. The van der Waals surface area contributed by atoms with Crippen molar-refractivity contribution in [3.05, 3.63) is 0 Å². The average Bonchev–Trinajstić information content (AvgIpc) is 2.27. The summed E-state index contributed by atoms with van der Waals surface area (Å²) in [5, 5.41) is 3.50. The standard InChI is InChI=1S/C13H26N2O/c1-10-8-15(11(2)12(3)16-10)9-13-5-4-6-14-7-13/h10-14H,4-9H2,1-3H3. The third-order valence-corrected chi connectivity index (χ3v) is 4.09. The second-order valence-corrected chi connectivity index (χ2v) is 5.56. The molecule has 2 saturated heterocycles. The molecule has 94 valence electrons. The van der Waals surface area contributed by atoms with E-state index in [-0.39, 0.29) is 0 Å². The zero-order chi connectivity index (χ0) is 11.5. The molecule has 0 saturated carbocycles. The number of nitrogens with zero attached hydrogens (tertiary/aromatic N) is 1. The van der Waals surface area contributed by atoms with Crippen molar-refractivity contribution >= 4 is 0 Å². The van der Waals surface area contributed by atoms with Gasteiger partial charge in [-0.1, -0.05) is 0 Å². The van der Waals surface area contributed by atoms with Crippen LogP contribution in [0.3, 0.4) is 0 Å². The number of nitrogens with one attached hydrogen (secondary N) is 1. The van der Waals surface area contributed by atoms with Crippen LogP contribution in [0.5, 0.6) is 0 Å². The molecule has 2 fully saturated rings. The summed E-state index contributed by atoms with van der Waals surface area (Å²) in [6.45, 7) is 11.4. The van der Waals surface area contributed by atoms with Crippen LogP contribution in [0, 0.1) is 5.92 Å². The zero-order valence-electron chi connectivity index (χ0n) is 10.9. The van der Waals surface area contributed by atoms with Crippen molar-refractivity contribution in [3.63, 3.8) is 0 Å². The molecule has 4 unspecified atom stereocenters. The maximum atomic E-state index is 5.86. The van der Waals surface area contributed by atoms with Gasteiger partial charge in [-0.05, 0) is 52.6 Å². The molecule has 0 radical (unpaired) electrons. The molecule has 2 rings (SSSR count). The predicted molar refractivity (Wildman–Crippen MR) is 66.6 cm³/mol. The van der Waals surface area contributed by atoms with Gasteiger partial charge in [0.25, 0.3) is 0 Å². The Kier molecular flexibility index (Phi) is 4.22. The maximum absolute atomic E-state index is 5.86. The second kappa shape index (κ2) is 5.48. The number of piperidine rings is 1. The van der Waals surface area contributed by atoms with Gasteiger partial charge in [-0.15, -0.1) is 0 Å². The lowest BCUT2D eigenvalue weighted by Gasteiger charge is -2.43. The molecule has 1 N–H and O–H groups in total. The van der Waals surface area contributed by atoms with Crippen LogP contribution < -0.4 is 5.32 Å². The fraction of sp³-hybridized carbons (Fsp3) is 1.00. The molecule has 3 nitrogen and oxygen atoms in total. The zero-order valence-corrected chi connectivity index (χ0v) is 10.9. The van der Waals surface area contributed by atoms with Gasteiger partial charge in [0.15, 0.2) is 0 Å². The van der Waals surface area contributed by atoms with E-state index in [1.54, 1.807) is 0 Å². The first-order valence-corrected chi connectivity index (χ1v) is 6.77. The van der Waals surface area contributed by atoms with Crippen LogP contribution in [0.25, 0.3) is 0 Å². The smallest absolute Gasteiger partial charge is 0.0703 e. The van der Waals surface area contributed by atoms with Gasteiger partial charge in [-0.25, -0.2) is 0 Å². The third kappa shape index (κ3) is 2.96. The summed E-state index contributed by atoms with van der Waals surface area (Å²) in [6, 6.07) is 0.568. The Morgan fingerprint density at radius 2 is 2.12 bits per heavy atom. The Bertz CT molecular complexity index is 216. The SMILES string of the molecule is CC1CN(CC2CCCNC2)C(C)C(C)O1. The topological polar surface area (TPSA) is 24.5 Å². The van der Waals surface area contributed by atoms with Crippen molar-refractivity contribution in [2.24, 2.45) is 5.92 Å². The van der Waals surface area contributed by atoms with E-state index in [2.05, 4.69) is 31.0 Å². The normalized spacial score (nSPS) is 42.2. The molecule has 0 aromatic rings. The molecule has 0 aromatic heterocycles. The number of hydrogen-bond acceptors (Lipinski definition) is 3. The Morgan fingerprint density at radius 1 is 1.31 bits per heavy atom. The van der Waals surface area contributed by atoms with Gasteiger partial charge < -0.3 is 10.1 Å². The summed E-state index contributed by atoms with van der Waals surface area (Å²) in [6.07, 6.45) is 3.50. The van der Waals surface area contributed by atoms with Crippen molar-refractivity contribution in [2.45, 2.75) is 51.9 Å². The monoisotopic (exact) mass is 226 g/mol. The van der Waals surface area contributed by atoms with Gasteiger partial charge in [0.05, 0.1) is 12.2 Å². The van der Waals surface area contributed by atoms with Gasteiger partial charge in [0.2, 0.25) is 0 Å². The van der Waals surface area contributed by atoms with E-state index < -0.39 is 0 Å². The summed E-state index contributed by atoms with van der Waals surface area (Å²) < 4.78 is 5.86. The molecule has 3 heteroatoms. The minimum atomic E-state index is 0.375. The largest absolute Gasteiger partial charge is 0.373 e. The molecule has 0 aromatic carbocycles. The van der Waals surface area contributed by atoms with Crippen molar-refractivity contribution < 1.29 is 4.74 Å². The van der Waals surface area contributed by atoms with E-state index >= 15 is 0 Å². The van der Waals surface area contributed by atoms with Crippen molar-refractivity contribution in [2.75, 3.05) is 26.2 Å². The molecule has 0 spiro atoms. The molecule has 0 aliphatic carbocycles. The molecule has 0 bridgehead atoms. The van der Waals surface area contributed by atoms with E-state index in [0.29, 0.717) is 18.2 Å². The van der Waals surface area contributed by atoms with Crippen molar-refractivity contribution in [1.82, 2.24) is 10.2 Å². The lowest BCUT2D eigenvalue weighted by atomic mass is 9.97. The summed E-state index contributed by atoms with van der Waals surface area (Å²) in [5.41, 5.74) is 0. The quantitative estimate of drug-likeness (QED) is 0.772. The van der Waals surface area contributed by atoms with E-state index in [0.717, 1.165) is 12.5 Å². The maximum Gasteiger partial charge on any atom is 0.0703 e. The van der Waals surface area contributed by atoms with Crippen LogP contribution in [0.15, 0.2) is 0 Å². The molecular weight excluding hydrogens is 200 g/mol. The van der Waals surface area contributed by atoms with Gasteiger partial charge in [-0.3, -0.25) is 4.90 Å². The minimum absolute atomic E-state index is 0.375. The minimum Gasteiger partial charge on any atom is -0.373 e. The molecule has 4 atom stereocenters. The van der Waals surface area contributed by atoms with E-state index in [4.69, 9.17) is 4.74 Å². The fourth-order valence-corrected chi connectivity index (χ4v) is 2.97. The first-order valence-electron chi connectivity index (χ1n) is 6.77. The van der Waals surface area contributed by atoms with Gasteiger partial charge in [0, 0.05) is 19.1 Å². The van der Waals surface area contributed by atoms with Crippen molar-refractivity contribution in [3.8, 4) is 0 Å². The molecule has 2 heterocycles. The highest BCUT2D eigenvalue weighted by Gasteiger charge is 2.30. The number of morpholine rings is 1. The predicted octanol–water partition coefficient (Wildman–Crippen LogP) is 1.48. The molecule has 2 aliphatic heterocycles. The molecule has 16 heavy (non-hydrogen) atoms. The van der Waals surface area contributed by atoms with Gasteiger partial charge in [0.1, 0.15) is 0 Å². The van der Waals surface area contributed by atoms with E-state index in [1.165, 1.54) is 32.5 Å². The van der Waals surface area contributed by atoms with Crippen LogP contribution in [-0.2, 0) is 4.74 Å². The van der Waals surface area contributed by atoms with E-state index in [1.807, 2.05) is 0 Å². The average molecular weight is 226 g/mol. The molecule has 2 aliphatic rings. The number of hydrogen-bond donors (Lipinski definition) is 1. The Hall–Kier alpha value is -0.120. The third-order valence-electron chi connectivity index (χ3n) is 4.09. The van der Waals surface area contributed by atoms with Crippen LogP contribution in [0.1, 0.15) is 33.6 Å². The van der Waals surface area contributed by atoms with E-state index in [9.17, 15) is 0 Å². The summed E-state index contributed by atoms with van der Waals surface area (Å²) in [4.78, 5) is 2.62. The van der Waals surface area contributed by atoms with Crippen LogP contribution in [0.4, 0.5) is 0 Å². The Labute approximate surface area is 99.5 Å². The van der Waals surface area contributed by atoms with Crippen LogP contribution in [0.2, 0.25) is 0 Å². The number of rotatable bonds is 2. The summed E-state index contributed by atoms with van der Waals surface area (Å²) in [7, 11) is 0.